The highest BCUT2D eigenvalue weighted by Crippen LogP contribution is 2.31. The second kappa shape index (κ2) is 9.49. The van der Waals surface area contributed by atoms with Gasteiger partial charge in [-0.2, -0.15) is 5.10 Å². The maximum atomic E-state index is 13.0. The Labute approximate surface area is 194 Å². The Balaban J connectivity index is 1.54. The number of fused-ring (bicyclic) bond motifs is 1. The number of nitrogens with zero attached hydrogens (tertiary/aromatic N) is 3. The Hall–Kier alpha value is -4.60. The van der Waals surface area contributed by atoms with Crippen LogP contribution in [0.25, 0.3) is 16.8 Å². The molecule has 0 aliphatic heterocycles. The molecule has 0 bridgehead atoms. The van der Waals surface area contributed by atoms with Crippen molar-refractivity contribution in [1.82, 2.24) is 14.2 Å². The molecular formula is C24H22N4O6. The number of hydrogen-bond donors (Lipinski definition) is 1. The third kappa shape index (κ3) is 4.46. The lowest BCUT2D eigenvalue weighted by atomic mass is 10.1. The second-order valence-corrected chi connectivity index (χ2v) is 7.28. The summed E-state index contributed by atoms with van der Waals surface area (Å²) in [6.07, 6.45) is 3.11. The standard InChI is InChI=1S/C24H22N4O6/c1-32-20-9-6-16(12-21(20)33-2)18-13-19-23(30)27(10-11-28(19)26-18)14-22(29)25-17-7-4-15(5-8-17)24(31)34-3/h4-13H,14H2,1-3H3,(H,25,29). The van der Waals surface area contributed by atoms with Crippen LogP contribution in [-0.4, -0.2) is 47.4 Å². The number of rotatable bonds is 7. The van der Waals surface area contributed by atoms with Gasteiger partial charge in [0.1, 0.15) is 12.1 Å². The van der Waals surface area contributed by atoms with E-state index >= 15 is 0 Å². The fraction of sp³-hybridized carbons (Fsp3) is 0.167. The van der Waals surface area contributed by atoms with Gasteiger partial charge in [-0.1, -0.05) is 0 Å². The summed E-state index contributed by atoms with van der Waals surface area (Å²) in [7, 11) is 4.39. The molecule has 0 fully saturated rings. The molecule has 10 nitrogen and oxygen atoms in total. The van der Waals surface area contributed by atoms with Crippen LogP contribution in [0.2, 0.25) is 0 Å². The number of hydrogen-bond acceptors (Lipinski definition) is 7. The first-order valence-corrected chi connectivity index (χ1v) is 10.2. The van der Waals surface area contributed by atoms with Crippen molar-refractivity contribution in [1.29, 1.82) is 0 Å². The second-order valence-electron chi connectivity index (χ2n) is 7.28. The summed E-state index contributed by atoms with van der Waals surface area (Å²) in [5.41, 5.74) is 2.15. The SMILES string of the molecule is COC(=O)c1ccc(NC(=O)Cn2ccn3nc(-c4ccc(OC)c(OC)c4)cc3c2=O)cc1. The number of methoxy groups -OCH3 is 3. The van der Waals surface area contributed by atoms with Crippen molar-refractivity contribution in [2.75, 3.05) is 26.6 Å². The van der Waals surface area contributed by atoms with Crippen molar-refractivity contribution in [2.45, 2.75) is 6.54 Å². The van der Waals surface area contributed by atoms with Crippen LogP contribution in [0.5, 0.6) is 11.5 Å². The highest BCUT2D eigenvalue weighted by atomic mass is 16.5. The third-order valence-corrected chi connectivity index (χ3v) is 5.19. The lowest BCUT2D eigenvalue weighted by Gasteiger charge is -2.08. The number of amides is 1. The lowest BCUT2D eigenvalue weighted by Crippen LogP contribution is -2.28. The Kier molecular flexibility index (Phi) is 6.30. The Bertz CT molecular complexity index is 1420. The first-order chi connectivity index (χ1) is 16.4. The van der Waals surface area contributed by atoms with Crippen molar-refractivity contribution >= 4 is 23.1 Å². The fourth-order valence-corrected chi connectivity index (χ4v) is 3.45. The topological polar surface area (TPSA) is 113 Å². The number of anilines is 1. The summed E-state index contributed by atoms with van der Waals surface area (Å²) in [4.78, 5) is 37.0. The van der Waals surface area contributed by atoms with Crippen molar-refractivity contribution in [3.63, 3.8) is 0 Å². The minimum Gasteiger partial charge on any atom is -0.493 e. The van der Waals surface area contributed by atoms with Crippen molar-refractivity contribution in [2.24, 2.45) is 0 Å². The molecule has 2 aromatic carbocycles. The first-order valence-electron chi connectivity index (χ1n) is 10.2. The molecule has 4 aromatic rings. The molecule has 174 valence electrons. The molecule has 0 unspecified atom stereocenters. The quantitative estimate of drug-likeness (QED) is 0.420. The van der Waals surface area contributed by atoms with E-state index in [1.54, 1.807) is 62.9 Å². The molecule has 4 rings (SSSR count). The van der Waals surface area contributed by atoms with Gasteiger partial charge < -0.3 is 24.1 Å². The van der Waals surface area contributed by atoms with Crippen LogP contribution in [0.4, 0.5) is 5.69 Å². The molecule has 34 heavy (non-hydrogen) atoms. The highest BCUT2D eigenvalue weighted by Gasteiger charge is 2.14. The normalized spacial score (nSPS) is 10.7. The van der Waals surface area contributed by atoms with E-state index in [1.807, 2.05) is 6.07 Å². The smallest absolute Gasteiger partial charge is 0.337 e. The molecule has 0 spiro atoms. The van der Waals surface area contributed by atoms with Gasteiger partial charge in [-0.3, -0.25) is 9.59 Å². The van der Waals surface area contributed by atoms with Gasteiger partial charge in [-0.15, -0.1) is 0 Å². The highest BCUT2D eigenvalue weighted by molar-refractivity contribution is 5.93. The van der Waals surface area contributed by atoms with E-state index in [2.05, 4.69) is 15.2 Å². The molecular weight excluding hydrogens is 440 g/mol. The van der Waals surface area contributed by atoms with E-state index in [0.29, 0.717) is 34.0 Å². The molecule has 0 saturated carbocycles. The fourth-order valence-electron chi connectivity index (χ4n) is 3.45. The molecule has 2 aromatic heterocycles. The average Bonchev–Trinajstić information content (AvgIpc) is 3.30. The van der Waals surface area contributed by atoms with Gasteiger partial charge in [0.05, 0.1) is 32.6 Å². The van der Waals surface area contributed by atoms with E-state index in [0.717, 1.165) is 5.56 Å². The minimum absolute atomic E-state index is 0.190. The largest absolute Gasteiger partial charge is 0.493 e. The summed E-state index contributed by atoms with van der Waals surface area (Å²) in [6.45, 7) is -0.190. The molecule has 10 heteroatoms. The number of aromatic nitrogens is 3. The lowest BCUT2D eigenvalue weighted by molar-refractivity contribution is -0.116. The number of carbonyl (C=O) groups is 2. The van der Waals surface area contributed by atoms with E-state index in [-0.39, 0.29) is 12.1 Å². The summed E-state index contributed by atoms with van der Waals surface area (Å²) in [6, 6.07) is 13.3. The van der Waals surface area contributed by atoms with Crippen molar-refractivity contribution in [3.05, 3.63) is 76.8 Å². The molecule has 0 aliphatic carbocycles. The van der Waals surface area contributed by atoms with Gasteiger partial charge in [0.15, 0.2) is 11.5 Å². The Morgan fingerprint density at radius 2 is 1.68 bits per heavy atom. The number of carbonyl (C=O) groups excluding carboxylic acids is 2. The average molecular weight is 462 g/mol. The monoisotopic (exact) mass is 462 g/mol. The maximum Gasteiger partial charge on any atom is 0.337 e. The van der Waals surface area contributed by atoms with E-state index < -0.39 is 11.9 Å². The van der Waals surface area contributed by atoms with Gasteiger partial charge in [0.2, 0.25) is 5.91 Å². The van der Waals surface area contributed by atoms with E-state index in [4.69, 9.17) is 9.47 Å². The van der Waals surface area contributed by atoms with Gasteiger partial charge in [0.25, 0.3) is 5.56 Å². The summed E-state index contributed by atoms with van der Waals surface area (Å²) in [5.74, 6) is 0.275. The molecule has 0 saturated heterocycles. The number of esters is 1. The molecule has 1 N–H and O–H groups in total. The predicted octanol–water partition coefficient (Wildman–Crippen LogP) is 2.61. The van der Waals surface area contributed by atoms with Crippen LogP contribution >= 0.6 is 0 Å². The Morgan fingerprint density at radius 1 is 0.941 bits per heavy atom. The van der Waals surface area contributed by atoms with Crippen LogP contribution in [-0.2, 0) is 16.1 Å². The summed E-state index contributed by atoms with van der Waals surface area (Å²) < 4.78 is 18.0. The van der Waals surface area contributed by atoms with Crippen molar-refractivity contribution < 1.29 is 23.8 Å². The summed E-state index contributed by atoms with van der Waals surface area (Å²) in [5, 5.41) is 7.17. The zero-order valence-electron chi connectivity index (χ0n) is 18.8. The molecule has 0 aliphatic rings. The molecule has 0 radical (unpaired) electrons. The number of nitrogens with one attached hydrogen (secondary N) is 1. The summed E-state index contributed by atoms with van der Waals surface area (Å²) >= 11 is 0. The molecule has 2 heterocycles. The van der Waals surface area contributed by atoms with Crippen LogP contribution in [0.3, 0.4) is 0 Å². The zero-order chi connectivity index (χ0) is 24.2. The van der Waals surface area contributed by atoms with Gasteiger partial charge >= 0.3 is 5.97 Å². The van der Waals surface area contributed by atoms with Gasteiger partial charge in [-0.05, 0) is 48.5 Å². The molecule has 1 amide bonds. The first kappa shape index (κ1) is 22.6. The third-order valence-electron chi connectivity index (χ3n) is 5.19. The molecule has 0 atom stereocenters. The zero-order valence-corrected chi connectivity index (χ0v) is 18.8. The van der Waals surface area contributed by atoms with Crippen molar-refractivity contribution in [3.8, 4) is 22.8 Å². The Morgan fingerprint density at radius 3 is 2.35 bits per heavy atom. The number of benzene rings is 2. The maximum absolute atomic E-state index is 13.0. The van der Waals surface area contributed by atoms with Gasteiger partial charge in [0, 0.05) is 23.6 Å². The van der Waals surface area contributed by atoms with E-state index in [1.165, 1.54) is 22.4 Å². The predicted molar refractivity (Wildman–Crippen MR) is 124 cm³/mol. The van der Waals surface area contributed by atoms with E-state index in [9.17, 15) is 14.4 Å². The van der Waals surface area contributed by atoms with Crippen LogP contribution in [0.15, 0.2) is 65.7 Å². The van der Waals surface area contributed by atoms with Crippen LogP contribution < -0.4 is 20.3 Å². The van der Waals surface area contributed by atoms with Gasteiger partial charge in [-0.25, -0.2) is 9.31 Å². The number of ether oxygens (including phenoxy) is 3. The van der Waals surface area contributed by atoms with Crippen LogP contribution in [0, 0.1) is 0 Å². The minimum atomic E-state index is -0.467. The van der Waals surface area contributed by atoms with Crippen LogP contribution in [0.1, 0.15) is 10.4 Å².